The van der Waals surface area contributed by atoms with E-state index in [-0.39, 0.29) is 24.6 Å². The molecule has 0 spiro atoms. The lowest BCUT2D eigenvalue weighted by molar-refractivity contribution is -0.141. The summed E-state index contributed by atoms with van der Waals surface area (Å²) < 4.78 is 32.1. The third kappa shape index (κ3) is 8.25. The van der Waals surface area contributed by atoms with Gasteiger partial charge in [0.15, 0.2) is 0 Å². The molecule has 2 amide bonds. The molecule has 2 aromatic rings. The Bertz CT molecular complexity index is 1230. The molecule has 37 heavy (non-hydrogen) atoms. The minimum absolute atomic E-state index is 0.0873. The first-order chi connectivity index (χ1) is 17.1. The van der Waals surface area contributed by atoms with Crippen LogP contribution in [0.3, 0.4) is 0 Å². The molecule has 0 aliphatic rings. The van der Waals surface area contributed by atoms with E-state index in [0.717, 1.165) is 16.1 Å². The molecule has 0 aliphatic carbocycles. The van der Waals surface area contributed by atoms with Crippen LogP contribution in [0.4, 0.5) is 5.69 Å². The number of hydrogen-bond acceptors (Lipinski definition) is 5. The van der Waals surface area contributed by atoms with Crippen molar-refractivity contribution in [2.45, 2.75) is 59.2 Å². The maximum absolute atomic E-state index is 13.9. The Morgan fingerprint density at radius 2 is 1.70 bits per heavy atom. The van der Waals surface area contributed by atoms with E-state index in [1.807, 2.05) is 20.8 Å². The van der Waals surface area contributed by atoms with Crippen LogP contribution in [0.1, 0.15) is 45.2 Å². The third-order valence-electron chi connectivity index (χ3n) is 5.56. The Morgan fingerprint density at radius 1 is 1.11 bits per heavy atom. The monoisotopic (exact) mass is 571 g/mol. The van der Waals surface area contributed by atoms with Crippen molar-refractivity contribution >= 4 is 50.7 Å². The van der Waals surface area contributed by atoms with Crippen LogP contribution in [0, 0.1) is 6.92 Å². The molecule has 0 heterocycles. The molecule has 0 saturated carbocycles. The van der Waals surface area contributed by atoms with Gasteiger partial charge in [0.1, 0.15) is 18.3 Å². The van der Waals surface area contributed by atoms with Gasteiger partial charge in [-0.15, -0.1) is 0 Å². The second-order valence-corrected chi connectivity index (χ2v) is 12.6. The molecule has 0 aliphatic heterocycles. The number of carbonyl (C=O) groups excluding carboxylic acids is 2. The molecule has 11 heteroatoms. The number of amides is 2. The number of nitrogens with zero attached hydrogens (tertiary/aromatic N) is 2. The highest BCUT2D eigenvalue weighted by molar-refractivity contribution is 7.92. The number of benzene rings is 2. The number of ether oxygens (including phenoxy) is 1. The van der Waals surface area contributed by atoms with Crippen LogP contribution in [0.25, 0.3) is 0 Å². The van der Waals surface area contributed by atoms with E-state index in [1.54, 1.807) is 50.2 Å². The van der Waals surface area contributed by atoms with E-state index in [2.05, 4.69) is 5.32 Å². The number of sulfonamides is 1. The van der Waals surface area contributed by atoms with Gasteiger partial charge in [0.05, 0.1) is 19.1 Å². The fourth-order valence-corrected chi connectivity index (χ4v) is 5.18. The maximum atomic E-state index is 13.9. The van der Waals surface area contributed by atoms with Crippen molar-refractivity contribution in [1.29, 1.82) is 0 Å². The second kappa shape index (κ2) is 12.4. The molecule has 0 radical (unpaired) electrons. The van der Waals surface area contributed by atoms with Gasteiger partial charge in [0, 0.05) is 27.7 Å². The highest BCUT2D eigenvalue weighted by Crippen LogP contribution is 2.32. The van der Waals surface area contributed by atoms with Crippen molar-refractivity contribution in [2.24, 2.45) is 0 Å². The topological polar surface area (TPSA) is 96.0 Å². The third-order valence-corrected chi connectivity index (χ3v) is 7.39. The average molecular weight is 573 g/mol. The summed E-state index contributed by atoms with van der Waals surface area (Å²) in [6.45, 7) is 8.45. The number of halogens is 2. The fourth-order valence-electron chi connectivity index (χ4n) is 3.82. The zero-order chi connectivity index (χ0) is 28.1. The summed E-state index contributed by atoms with van der Waals surface area (Å²) in [5.74, 6) is -0.673. The minimum Gasteiger partial charge on any atom is -0.495 e. The SMILES string of the molecule is CC[C@H](C(=O)NC(C)(C)C)N(Cc1c(Cl)cccc1Cl)C(=O)CN(c1cc(C)ccc1OC)S(C)(=O)=O. The van der Waals surface area contributed by atoms with Gasteiger partial charge < -0.3 is 15.0 Å². The molecule has 0 saturated heterocycles. The largest absolute Gasteiger partial charge is 0.495 e. The minimum atomic E-state index is -3.91. The molecule has 204 valence electrons. The Morgan fingerprint density at radius 3 is 2.19 bits per heavy atom. The molecule has 1 N–H and O–H groups in total. The van der Waals surface area contributed by atoms with Crippen molar-refractivity contribution in [3.05, 3.63) is 57.6 Å². The Labute approximate surface area is 229 Å². The first-order valence-corrected chi connectivity index (χ1v) is 14.4. The van der Waals surface area contributed by atoms with E-state index in [0.29, 0.717) is 21.4 Å². The van der Waals surface area contributed by atoms with Crippen molar-refractivity contribution in [3.8, 4) is 5.75 Å². The van der Waals surface area contributed by atoms with Gasteiger partial charge >= 0.3 is 0 Å². The highest BCUT2D eigenvalue weighted by Gasteiger charge is 2.34. The van der Waals surface area contributed by atoms with Crippen LogP contribution >= 0.6 is 23.2 Å². The van der Waals surface area contributed by atoms with E-state index in [9.17, 15) is 18.0 Å². The van der Waals surface area contributed by atoms with Gasteiger partial charge in [-0.3, -0.25) is 13.9 Å². The van der Waals surface area contributed by atoms with Crippen molar-refractivity contribution in [2.75, 3.05) is 24.2 Å². The van der Waals surface area contributed by atoms with E-state index in [4.69, 9.17) is 27.9 Å². The normalized spacial score (nSPS) is 12.6. The number of carbonyl (C=O) groups is 2. The summed E-state index contributed by atoms with van der Waals surface area (Å²) in [6.07, 6.45) is 1.29. The lowest BCUT2D eigenvalue weighted by Gasteiger charge is -2.35. The number of rotatable bonds is 10. The summed E-state index contributed by atoms with van der Waals surface area (Å²) in [7, 11) is -2.49. The standard InChI is InChI=1S/C26H35Cl2N3O5S/c1-8-21(25(33)29-26(3,4)5)30(15-18-19(27)10-9-11-20(18)28)24(32)16-31(37(7,34)35)22-14-17(2)12-13-23(22)36-6/h9-14,21H,8,15-16H2,1-7H3,(H,29,33)/t21-/m1/s1. The molecule has 2 rings (SSSR count). The average Bonchev–Trinajstić information content (AvgIpc) is 2.77. The van der Waals surface area contributed by atoms with Crippen LogP contribution in [0.5, 0.6) is 5.75 Å². The predicted octanol–water partition coefficient (Wildman–Crippen LogP) is 4.80. The molecule has 0 unspecified atom stereocenters. The summed E-state index contributed by atoms with van der Waals surface area (Å²) in [5, 5.41) is 3.57. The molecular weight excluding hydrogens is 537 g/mol. The van der Waals surface area contributed by atoms with Crippen molar-refractivity contribution in [3.63, 3.8) is 0 Å². The molecule has 0 fully saturated rings. The molecule has 0 bridgehead atoms. The maximum Gasteiger partial charge on any atom is 0.244 e. The summed E-state index contributed by atoms with van der Waals surface area (Å²) in [4.78, 5) is 28.5. The van der Waals surface area contributed by atoms with Crippen LogP contribution in [-0.2, 0) is 26.2 Å². The number of hydrogen-bond donors (Lipinski definition) is 1. The Kier molecular flexibility index (Phi) is 10.3. The number of nitrogens with one attached hydrogen (secondary N) is 1. The van der Waals surface area contributed by atoms with Gasteiger partial charge in [-0.05, 0) is 63.9 Å². The summed E-state index contributed by atoms with van der Waals surface area (Å²) >= 11 is 12.8. The highest BCUT2D eigenvalue weighted by atomic mass is 35.5. The van der Waals surface area contributed by atoms with Crippen molar-refractivity contribution in [1.82, 2.24) is 10.2 Å². The molecule has 0 aromatic heterocycles. The number of methoxy groups -OCH3 is 1. The molecule has 8 nitrogen and oxygen atoms in total. The Hall–Kier alpha value is -2.49. The zero-order valence-electron chi connectivity index (χ0n) is 22.3. The van der Waals surface area contributed by atoms with E-state index < -0.39 is 34.1 Å². The molecule has 2 aromatic carbocycles. The van der Waals surface area contributed by atoms with Crippen LogP contribution in [-0.4, -0.2) is 56.6 Å². The van der Waals surface area contributed by atoms with Gasteiger partial charge in [0.25, 0.3) is 0 Å². The van der Waals surface area contributed by atoms with Gasteiger partial charge in [-0.25, -0.2) is 8.42 Å². The van der Waals surface area contributed by atoms with Crippen LogP contribution < -0.4 is 14.4 Å². The fraction of sp³-hybridized carbons (Fsp3) is 0.462. The summed E-state index contributed by atoms with van der Waals surface area (Å²) in [5.41, 5.74) is 0.920. The van der Waals surface area contributed by atoms with Gasteiger partial charge in [-0.1, -0.05) is 42.3 Å². The number of anilines is 1. The van der Waals surface area contributed by atoms with Gasteiger partial charge in [0.2, 0.25) is 21.8 Å². The Balaban J connectivity index is 2.59. The predicted molar refractivity (Wildman–Crippen MR) is 149 cm³/mol. The van der Waals surface area contributed by atoms with E-state index in [1.165, 1.54) is 12.0 Å². The quantitative estimate of drug-likeness (QED) is 0.442. The van der Waals surface area contributed by atoms with Crippen LogP contribution in [0.2, 0.25) is 10.0 Å². The lowest BCUT2D eigenvalue weighted by Crippen LogP contribution is -2.55. The van der Waals surface area contributed by atoms with Gasteiger partial charge in [-0.2, -0.15) is 0 Å². The molecular formula is C26H35Cl2N3O5S. The lowest BCUT2D eigenvalue weighted by atomic mass is 10.1. The first-order valence-electron chi connectivity index (χ1n) is 11.8. The van der Waals surface area contributed by atoms with Crippen LogP contribution in [0.15, 0.2) is 36.4 Å². The second-order valence-electron chi connectivity index (χ2n) is 9.83. The first kappa shape index (κ1) is 30.7. The smallest absolute Gasteiger partial charge is 0.244 e. The zero-order valence-corrected chi connectivity index (χ0v) is 24.6. The van der Waals surface area contributed by atoms with Crippen molar-refractivity contribution < 1.29 is 22.7 Å². The van der Waals surface area contributed by atoms with E-state index >= 15 is 0 Å². The summed E-state index contributed by atoms with van der Waals surface area (Å²) in [6, 6.07) is 9.11. The number of aryl methyl sites for hydroxylation is 1. The molecule has 1 atom stereocenters.